The molecule has 1 heterocycles. The summed E-state index contributed by atoms with van der Waals surface area (Å²) in [5.74, 6) is 0.335. The minimum absolute atomic E-state index is 0.116. The Labute approximate surface area is 141 Å². The molecule has 0 aliphatic rings. The van der Waals surface area contributed by atoms with Gasteiger partial charge in [0.25, 0.3) is 11.9 Å². The van der Waals surface area contributed by atoms with E-state index in [0.29, 0.717) is 22.5 Å². The number of carbonyl (C=O) groups is 1. The first-order valence-corrected chi connectivity index (χ1v) is 7.80. The third kappa shape index (κ3) is 4.57. The van der Waals surface area contributed by atoms with Gasteiger partial charge in [0.1, 0.15) is 0 Å². The molecule has 0 saturated carbocycles. The number of benzene rings is 1. The van der Waals surface area contributed by atoms with Gasteiger partial charge < -0.3 is 0 Å². The second-order valence-corrected chi connectivity index (χ2v) is 6.21. The zero-order chi connectivity index (χ0) is 16.1. The maximum atomic E-state index is 12.1. The first kappa shape index (κ1) is 16.5. The van der Waals surface area contributed by atoms with Gasteiger partial charge in [0.15, 0.2) is 5.11 Å². The van der Waals surface area contributed by atoms with Crippen LogP contribution in [0.3, 0.4) is 0 Å². The molecule has 0 bridgehead atoms. The molecule has 0 unspecified atom stereocenters. The van der Waals surface area contributed by atoms with Crippen molar-refractivity contribution in [1.29, 1.82) is 0 Å². The molecule has 0 aliphatic carbocycles. The number of amides is 1. The molecule has 1 amide bonds. The van der Waals surface area contributed by atoms with Crippen LogP contribution >= 0.6 is 28.1 Å². The van der Waals surface area contributed by atoms with E-state index in [1.807, 2.05) is 6.07 Å². The lowest BCUT2D eigenvalue weighted by molar-refractivity contribution is 0.0977. The minimum atomic E-state index is -0.320. The molecule has 1 aromatic heterocycles. The number of hydrogen-bond donors (Lipinski definition) is 2. The van der Waals surface area contributed by atoms with E-state index in [-0.39, 0.29) is 17.0 Å². The smallest absolute Gasteiger partial charge is 0.269 e. The van der Waals surface area contributed by atoms with Gasteiger partial charge in [0, 0.05) is 4.47 Å². The molecule has 0 aliphatic heterocycles. The van der Waals surface area contributed by atoms with Crippen LogP contribution in [0.1, 0.15) is 24.2 Å². The standard InChI is InChI=1S/C13H15BrN6OS/c1-8(2)7-20-18-12(17-19-20)16-13(22)15-11(21)9-5-3-4-6-10(9)14/h3-6,8H,7H2,1-2H3,(H2,15,16,18,21,22). The molecule has 9 heteroatoms. The molecule has 7 nitrogen and oxygen atoms in total. The Hall–Kier alpha value is -1.87. The largest absolute Gasteiger partial charge is 0.299 e. The van der Waals surface area contributed by atoms with Crippen LogP contribution in [0, 0.1) is 5.92 Å². The van der Waals surface area contributed by atoms with Gasteiger partial charge in [0.05, 0.1) is 12.1 Å². The molecule has 0 spiro atoms. The second-order valence-electron chi connectivity index (χ2n) is 4.95. The highest BCUT2D eigenvalue weighted by molar-refractivity contribution is 9.10. The number of hydrogen-bond acceptors (Lipinski definition) is 5. The zero-order valence-corrected chi connectivity index (χ0v) is 14.5. The Morgan fingerprint density at radius 1 is 1.41 bits per heavy atom. The summed E-state index contributed by atoms with van der Waals surface area (Å²) in [7, 11) is 0. The molecule has 0 atom stereocenters. The molecule has 2 rings (SSSR count). The highest BCUT2D eigenvalue weighted by Gasteiger charge is 2.12. The summed E-state index contributed by atoms with van der Waals surface area (Å²) >= 11 is 8.39. The quantitative estimate of drug-likeness (QED) is 0.788. The Morgan fingerprint density at radius 3 is 2.82 bits per heavy atom. The van der Waals surface area contributed by atoms with Crippen LogP contribution in [0.5, 0.6) is 0 Å². The second kappa shape index (κ2) is 7.41. The van der Waals surface area contributed by atoms with E-state index in [0.717, 1.165) is 0 Å². The van der Waals surface area contributed by atoms with Crippen molar-refractivity contribution in [2.45, 2.75) is 20.4 Å². The summed E-state index contributed by atoms with van der Waals surface area (Å²) in [4.78, 5) is 13.6. The van der Waals surface area contributed by atoms with Gasteiger partial charge in [-0.3, -0.25) is 15.4 Å². The van der Waals surface area contributed by atoms with E-state index >= 15 is 0 Å². The van der Waals surface area contributed by atoms with Crippen LogP contribution in [0.15, 0.2) is 28.7 Å². The molecule has 0 radical (unpaired) electrons. The summed E-state index contributed by atoms with van der Waals surface area (Å²) in [6.45, 7) is 4.77. The topological polar surface area (TPSA) is 84.7 Å². The normalized spacial score (nSPS) is 10.5. The van der Waals surface area contributed by atoms with Crippen molar-refractivity contribution in [3.05, 3.63) is 34.3 Å². The average molecular weight is 383 g/mol. The molecule has 116 valence electrons. The van der Waals surface area contributed by atoms with E-state index in [2.05, 4.69) is 55.8 Å². The number of rotatable bonds is 4. The Balaban J connectivity index is 1.94. The van der Waals surface area contributed by atoms with Crippen LogP contribution in [0.25, 0.3) is 0 Å². The van der Waals surface area contributed by atoms with E-state index in [1.54, 1.807) is 18.2 Å². The summed E-state index contributed by atoms with van der Waals surface area (Å²) in [5, 5.41) is 17.3. The summed E-state index contributed by atoms with van der Waals surface area (Å²) in [5.41, 5.74) is 0.489. The van der Waals surface area contributed by atoms with Crippen LogP contribution < -0.4 is 10.6 Å². The van der Waals surface area contributed by atoms with Gasteiger partial charge in [-0.2, -0.15) is 4.80 Å². The van der Waals surface area contributed by atoms with Gasteiger partial charge in [-0.1, -0.05) is 31.1 Å². The lowest BCUT2D eigenvalue weighted by Gasteiger charge is -2.07. The number of anilines is 1. The molecule has 22 heavy (non-hydrogen) atoms. The third-order valence-electron chi connectivity index (χ3n) is 2.55. The maximum Gasteiger partial charge on any atom is 0.269 e. The number of nitrogens with one attached hydrogen (secondary N) is 2. The molecule has 0 saturated heterocycles. The van der Waals surface area contributed by atoms with Crippen molar-refractivity contribution in [2.24, 2.45) is 5.92 Å². The lowest BCUT2D eigenvalue weighted by atomic mass is 10.2. The first-order chi connectivity index (χ1) is 10.5. The first-order valence-electron chi connectivity index (χ1n) is 6.60. The van der Waals surface area contributed by atoms with Gasteiger partial charge in [-0.05, 0) is 51.4 Å². The predicted molar refractivity (Wildman–Crippen MR) is 90.5 cm³/mol. The Bertz CT molecular complexity index is 687. The molecule has 2 aromatic rings. The van der Waals surface area contributed by atoms with Crippen LogP contribution in [-0.2, 0) is 6.54 Å². The fourth-order valence-electron chi connectivity index (χ4n) is 1.65. The molecule has 0 fully saturated rings. The highest BCUT2D eigenvalue weighted by atomic mass is 79.9. The minimum Gasteiger partial charge on any atom is -0.299 e. The summed E-state index contributed by atoms with van der Waals surface area (Å²) in [6.07, 6.45) is 0. The number of carbonyl (C=O) groups excluding carboxylic acids is 1. The molecule has 1 aromatic carbocycles. The highest BCUT2D eigenvalue weighted by Crippen LogP contribution is 2.15. The van der Waals surface area contributed by atoms with Crippen LogP contribution in [-0.4, -0.2) is 31.2 Å². The van der Waals surface area contributed by atoms with Gasteiger partial charge in [-0.15, -0.1) is 5.10 Å². The van der Waals surface area contributed by atoms with Crippen molar-refractivity contribution in [3.63, 3.8) is 0 Å². The molecular weight excluding hydrogens is 368 g/mol. The number of thiocarbonyl (C=S) groups is 1. The maximum absolute atomic E-state index is 12.1. The number of halogens is 1. The summed E-state index contributed by atoms with van der Waals surface area (Å²) in [6, 6.07) is 7.08. The van der Waals surface area contributed by atoms with E-state index in [1.165, 1.54) is 4.80 Å². The molecule has 2 N–H and O–H groups in total. The van der Waals surface area contributed by atoms with Crippen molar-refractivity contribution in [3.8, 4) is 0 Å². The third-order valence-corrected chi connectivity index (χ3v) is 3.45. The average Bonchev–Trinajstić information content (AvgIpc) is 2.85. The van der Waals surface area contributed by atoms with Gasteiger partial charge >= 0.3 is 0 Å². The monoisotopic (exact) mass is 382 g/mol. The Morgan fingerprint density at radius 2 is 2.14 bits per heavy atom. The van der Waals surface area contributed by atoms with E-state index in [4.69, 9.17) is 12.2 Å². The van der Waals surface area contributed by atoms with E-state index in [9.17, 15) is 4.79 Å². The number of tetrazole rings is 1. The van der Waals surface area contributed by atoms with Gasteiger partial charge in [-0.25, -0.2) is 0 Å². The zero-order valence-electron chi connectivity index (χ0n) is 12.1. The SMILES string of the molecule is CC(C)Cn1nnc(NC(=S)NC(=O)c2ccccc2Br)n1. The number of nitrogens with zero attached hydrogens (tertiary/aromatic N) is 4. The Kier molecular flexibility index (Phi) is 5.56. The lowest BCUT2D eigenvalue weighted by Crippen LogP contribution is -2.34. The fourth-order valence-corrected chi connectivity index (χ4v) is 2.29. The van der Waals surface area contributed by atoms with Crippen molar-refractivity contribution in [2.75, 3.05) is 5.32 Å². The summed E-state index contributed by atoms with van der Waals surface area (Å²) < 4.78 is 0.691. The molecular formula is C13H15BrN6OS. The van der Waals surface area contributed by atoms with Crippen molar-refractivity contribution < 1.29 is 4.79 Å². The van der Waals surface area contributed by atoms with E-state index < -0.39 is 0 Å². The van der Waals surface area contributed by atoms with Crippen LogP contribution in [0.4, 0.5) is 5.95 Å². The predicted octanol–water partition coefficient (Wildman–Crippen LogP) is 2.22. The fraction of sp³-hybridized carbons (Fsp3) is 0.308. The van der Waals surface area contributed by atoms with Gasteiger partial charge in [0.2, 0.25) is 0 Å². The number of aromatic nitrogens is 4. The van der Waals surface area contributed by atoms with Crippen molar-refractivity contribution >= 4 is 45.1 Å². The van der Waals surface area contributed by atoms with Crippen molar-refractivity contribution in [1.82, 2.24) is 25.5 Å². The van der Waals surface area contributed by atoms with Crippen LogP contribution in [0.2, 0.25) is 0 Å².